The normalized spacial score (nSPS) is 10.4. The lowest BCUT2D eigenvalue weighted by molar-refractivity contribution is -0.873. The van der Waals surface area contributed by atoms with Crippen LogP contribution in [0.2, 0.25) is 0 Å². The van der Waals surface area contributed by atoms with Gasteiger partial charge in [-0.1, -0.05) is 0 Å². The summed E-state index contributed by atoms with van der Waals surface area (Å²) < 4.78 is 10.9. The molecule has 7 nitrogen and oxygen atoms in total. The summed E-state index contributed by atoms with van der Waals surface area (Å²) in [5.74, 6) is 1.37. The third-order valence-electron chi connectivity index (χ3n) is 3.13. The van der Waals surface area contributed by atoms with E-state index in [1.807, 2.05) is 45.3 Å². The van der Waals surface area contributed by atoms with E-state index in [0.717, 1.165) is 17.2 Å². The van der Waals surface area contributed by atoms with E-state index in [1.165, 1.54) is 4.90 Å². The fourth-order valence-corrected chi connectivity index (χ4v) is 2.25. The van der Waals surface area contributed by atoms with Crippen molar-refractivity contribution in [3.05, 3.63) is 47.9 Å². The van der Waals surface area contributed by atoms with Gasteiger partial charge in [-0.05, 0) is 55.5 Å². The molecule has 0 bridgehead atoms. The summed E-state index contributed by atoms with van der Waals surface area (Å²) in [5, 5.41) is 3.23. The largest absolute Gasteiger partial charge is 0.494 e. The molecule has 0 aliphatic carbocycles. The maximum Gasteiger partial charge on any atom is 0.305 e. The van der Waals surface area contributed by atoms with Gasteiger partial charge >= 0.3 is 5.91 Å². The zero-order valence-corrected chi connectivity index (χ0v) is 15.3. The Kier molecular flexibility index (Phi) is 6.79. The van der Waals surface area contributed by atoms with Crippen LogP contribution in [0.4, 0.5) is 5.69 Å². The van der Waals surface area contributed by atoms with Crippen molar-refractivity contribution in [2.75, 3.05) is 26.0 Å². The van der Waals surface area contributed by atoms with Crippen LogP contribution in [-0.4, -0.2) is 31.7 Å². The highest BCUT2D eigenvalue weighted by molar-refractivity contribution is 7.80. The van der Waals surface area contributed by atoms with Crippen molar-refractivity contribution < 1.29 is 18.8 Å². The number of thiocarbonyl (C=S) groups is 1. The molecule has 0 unspecified atom stereocenters. The molecule has 0 saturated heterocycles. The van der Waals surface area contributed by atoms with Gasteiger partial charge < -0.3 is 19.4 Å². The van der Waals surface area contributed by atoms with Gasteiger partial charge in [-0.15, -0.1) is 0 Å². The van der Waals surface area contributed by atoms with Gasteiger partial charge in [0.05, 0.1) is 20.7 Å². The molecule has 1 heterocycles. The van der Waals surface area contributed by atoms with Crippen molar-refractivity contribution in [3.8, 4) is 5.75 Å². The van der Waals surface area contributed by atoms with Crippen molar-refractivity contribution in [2.24, 2.45) is 0 Å². The molecule has 0 atom stereocenters. The van der Waals surface area contributed by atoms with Gasteiger partial charge in [-0.3, -0.25) is 15.6 Å². The lowest BCUT2D eigenvalue weighted by Crippen LogP contribution is -3.04. The van der Waals surface area contributed by atoms with Crippen LogP contribution in [0.1, 0.15) is 23.2 Å². The summed E-state index contributed by atoms with van der Waals surface area (Å²) >= 11 is 5.15. The first-order valence-corrected chi connectivity index (χ1v) is 8.36. The van der Waals surface area contributed by atoms with Crippen LogP contribution >= 0.6 is 12.2 Å². The maximum atomic E-state index is 12.0. The number of benzene rings is 1. The van der Waals surface area contributed by atoms with Crippen molar-refractivity contribution >= 4 is 28.9 Å². The topological polar surface area (TPSA) is 80.0 Å². The van der Waals surface area contributed by atoms with Crippen LogP contribution in [0, 0.1) is 0 Å². The summed E-state index contributed by atoms with van der Waals surface area (Å²) in [6.45, 7) is 3.25. The smallest absolute Gasteiger partial charge is 0.305 e. The first-order valence-electron chi connectivity index (χ1n) is 7.96. The predicted molar refractivity (Wildman–Crippen MR) is 99.7 cm³/mol. The van der Waals surface area contributed by atoms with Crippen LogP contribution in [0.3, 0.4) is 0 Å². The van der Waals surface area contributed by atoms with E-state index in [0.29, 0.717) is 13.2 Å². The highest BCUT2D eigenvalue weighted by Crippen LogP contribution is 2.15. The lowest BCUT2D eigenvalue weighted by atomic mass is 10.3. The molecular formula is C17H23N4O3S+. The summed E-state index contributed by atoms with van der Waals surface area (Å²) in [4.78, 5) is 13.2. The zero-order valence-electron chi connectivity index (χ0n) is 14.5. The van der Waals surface area contributed by atoms with Crippen LogP contribution in [0.25, 0.3) is 0 Å². The first kappa shape index (κ1) is 18.8. The van der Waals surface area contributed by atoms with Crippen molar-refractivity contribution in [2.45, 2.75) is 13.5 Å². The molecule has 2 rings (SSSR count). The highest BCUT2D eigenvalue weighted by Gasteiger charge is 2.12. The van der Waals surface area contributed by atoms with Gasteiger partial charge in [0, 0.05) is 5.69 Å². The molecule has 2 aromatic rings. The molecule has 1 aromatic heterocycles. The van der Waals surface area contributed by atoms with Crippen LogP contribution < -0.4 is 25.8 Å². The molecular weight excluding hydrogens is 340 g/mol. The second kappa shape index (κ2) is 9.05. The van der Waals surface area contributed by atoms with E-state index in [9.17, 15) is 4.79 Å². The summed E-state index contributed by atoms with van der Waals surface area (Å²) in [7, 11) is 4.02. The number of ether oxygens (including phenoxy) is 1. The standard InChI is InChI=1S/C17H22N4O3S/c1-4-23-13-7-5-12(6-8-13)18-17(25)20-19-16(22)15-10-9-14(24-15)11-21(2)3/h5-10H,4,11H2,1-3H3,(H,19,22)(H2,18,20,25)/p+1. The minimum Gasteiger partial charge on any atom is -0.494 e. The predicted octanol–water partition coefficient (Wildman–Crippen LogP) is 0.954. The van der Waals surface area contributed by atoms with Gasteiger partial charge in [0.25, 0.3) is 0 Å². The van der Waals surface area contributed by atoms with E-state index in [1.54, 1.807) is 12.1 Å². The van der Waals surface area contributed by atoms with Crippen LogP contribution in [0.15, 0.2) is 40.8 Å². The van der Waals surface area contributed by atoms with E-state index < -0.39 is 5.91 Å². The number of nitrogens with one attached hydrogen (secondary N) is 4. The number of quaternary nitrogens is 1. The number of carbonyl (C=O) groups is 1. The molecule has 0 radical (unpaired) electrons. The number of amides is 1. The van der Waals surface area contributed by atoms with Crippen LogP contribution in [0.5, 0.6) is 5.75 Å². The van der Waals surface area contributed by atoms with Gasteiger partial charge in [-0.25, -0.2) is 0 Å². The third-order valence-corrected chi connectivity index (χ3v) is 3.33. The maximum absolute atomic E-state index is 12.0. The molecule has 0 spiro atoms. The second-order valence-electron chi connectivity index (χ2n) is 5.64. The molecule has 0 fully saturated rings. The Labute approximate surface area is 152 Å². The number of furan rings is 1. The monoisotopic (exact) mass is 363 g/mol. The van der Waals surface area contributed by atoms with Crippen molar-refractivity contribution in [1.29, 1.82) is 0 Å². The van der Waals surface area contributed by atoms with Crippen molar-refractivity contribution in [1.82, 2.24) is 10.9 Å². The lowest BCUT2D eigenvalue weighted by Gasteiger charge is -2.11. The fraction of sp³-hybridized carbons (Fsp3) is 0.294. The Bertz CT molecular complexity index is 713. The minimum atomic E-state index is -0.393. The number of hydrogen-bond acceptors (Lipinski definition) is 4. The Balaban J connectivity index is 1.80. The molecule has 1 amide bonds. The Hall–Kier alpha value is -2.58. The summed E-state index contributed by atoms with van der Waals surface area (Å²) in [6, 6.07) is 10.8. The quantitative estimate of drug-likeness (QED) is 0.452. The molecule has 0 aliphatic rings. The zero-order chi connectivity index (χ0) is 18.2. The van der Waals surface area contributed by atoms with Gasteiger partial charge in [0.2, 0.25) is 0 Å². The summed E-state index contributed by atoms with van der Waals surface area (Å²) in [5.41, 5.74) is 5.92. The summed E-state index contributed by atoms with van der Waals surface area (Å²) in [6.07, 6.45) is 0. The van der Waals surface area contributed by atoms with Gasteiger partial charge in [-0.2, -0.15) is 0 Å². The Morgan fingerprint density at radius 1 is 1.16 bits per heavy atom. The number of anilines is 1. The molecule has 4 N–H and O–H groups in total. The number of rotatable bonds is 6. The van der Waals surface area contributed by atoms with E-state index in [4.69, 9.17) is 21.4 Å². The molecule has 8 heteroatoms. The molecule has 0 aliphatic heterocycles. The van der Waals surface area contributed by atoms with E-state index >= 15 is 0 Å². The van der Waals surface area contributed by atoms with Crippen molar-refractivity contribution in [3.63, 3.8) is 0 Å². The molecule has 1 aromatic carbocycles. The average Bonchev–Trinajstić information content (AvgIpc) is 3.02. The highest BCUT2D eigenvalue weighted by atomic mass is 32.1. The second-order valence-corrected chi connectivity index (χ2v) is 6.05. The number of hydrazine groups is 1. The minimum absolute atomic E-state index is 0.229. The number of hydrogen-bond donors (Lipinski definition) is 4. The van der Waals surface area contributed by atoms with Gasteiger partial charge in [0.1, 0.15) is 12.3 Å². The van der Waals surface area contributed by atoms with E-state index in [2.05, 4.69) is 16.2 Å². The van der Waals surface area contributed by atoms with E-state index in [-0.39, 0.29) is 10.9 Å². The number of carbonyl (C=O) groups excluding carboxylic acids is 1. The average molecular weight is 363 g/mol. The Morgan fingerprint density at radius 2 is 1.88 bits per heavy atom. The first-order chi connectivity index (χ1) is 12.0. The third kappa shape index (κ3) is 6.09. The SMILES string of the molecule is CCOc1ccc(NC(=S)NNC(=O)c2ccc(C[NH+](C)C)o2)cc1. The van der Waals surface area contributed by atoms with Gasteiger partial charge in [0.15, 0.2) is 16.6 Å². The Morgan fingerprint density at radius 3 is 2.52 bits per heavy atom. The van der Waals surface area contributed by atoms with Crippen LogP contribution in [-0.2, 0) is 6.54 Å². The molecule has 134 valence electrons. The fourth-order valence-electron chi connectivity index (χ4n) is 2.08. The molecule has 25 heavy (non-hydrogen) atoms. The molecule has 0 saturated carbocycles.